The van der Waals surface area contributed by atoms with Crippen LogP contribution < -0.4 is 10.2 Å². The van der Waals surface area contributed by atoms with E-state index in [0.717, 1.165) is 17.7 Å². The number of hydrogen-bond donors (Lipinski definition) is 1. The van der Waals surface area contributed by atoms with E-state index in [-0.39, 0.29) is 23.5 Å². The zero-order chi connectivity index (χ0) is 22.3. The molecule has 1 N–H and O–H groups in total. The van der Waals surface area contributed by atoms with Crippen LogP contribution in [0.4, 0.5) is 15.8 Å². The van der Waals surface area contributed by atoms with E-state index in [1.54, 1.807) is 60.7 Å². The van der Waals surface area contributed by atoms with E-state index in [1.165, 1.54) is 12.1 Å². The highest BCUT2D eigenvalue weighted by Crippen LogP contribution is 2.42. The second kappa shape index (κ2) is 7.71. The Morgan fingerprint density at radius 1 is 0.844 bits per heavy atom. The van der Waals surface area contributed by atoms with Gasteiger partial charge in [0.25, 0.3) is 11.8 Å². The van der Waals surface area contributed by atoms with Crippen LogP contribution in [0.15, 0.2) is 72.8 Å². The molecule has 1 heterocycles. The van der Waals surface area contributed by atoms with Gasteiger partial charge in [-0.25, -0.2) is 9.29 Å². The van der Waals surface area contributed by atoms with Gasteiger partial charge >= 0.3 is 0 Å². The molecule has 1 fully saturated rings. The highest BCUT2D eigenvalue weighted by molar-refractivity contribution is 6.34. The van der Waals surface area contributed by atoms with Gasteiger partial charge in [-0.05, 0) is 60.9 Å². The van der Waals surface area contributed by atoms with Crippen molar-refractivity contribution >= 4 is 29.1 Å². The molecule has 0 saturated heterocycles. The van der Waals surface area contributed by atoms with Crippen molar-refractivity contribution in [1.82, 2.24) is 0 Å². The lowest BCUT2D eigenvalue weighted by Gasteiger charge is -2.28. The summed E-state index contributed by atoms with van der Waals surface area (Å²) < 4.78 is 13.9. The van der Waals surface area contributed by atoms with E-state index in [0.29, 0.717) is 40.9 Å². The van der Waals surface area contributed by atoms with Crippen molar-refractivity contribution in [2.45, 2.75) is 31.1 Å². The second-order valence-corrected chi connectivity index (χ2v) is 8.30. The molecule has 0 spiro atoms. The molecule has 6 heteroatoms. The van der Waals surface area contributed by atoms with E-state index < -0.39 is 5.41 Å². The second-order valence-electron chi connectivity index (χ2n) is 8.30. The van der Waals surface area contributed by atoms with Crippen LogP contribution in [0.25, 0.3) is 0 Å². The lowest BCUT2D eigenvalue weighted by Crippen LogP contribution is -2.38. The topological polar surface area (TPSA) is 66.5 Å². The maximum Gasteiger partial charge on any atom is 0.266 e. The first-order chi connectivity index (χ1) is 15.5. The molecule has 3 aromatic carbocycles. The monoisotopic (exact) mass is 428 g/mol. The molecule has 1 aliphatic carbocycles. The Balaban J connectivity index is 1.44. The fourth-order valence-electron chi connectivity index (χ4n) is 4.81. The van der Waals surface area contributed by atoms with Gasteiger partial charge in [-0.15, -0.1) is 0 Å². The number of fused-ring (bicyclic) bond motifs is 1. The Morgan fingerprint density at radius 3 is 2.16 bits per heavy atom. The van der Waals surface area contributed by atoms with Crippen molar-refractivity contribution in [2.75, 3.05) is 10.2 Å². The maximum atomic E-state index is 13.9. The number of anilines is 2. The van der Waals surface area contributed by atoms with E-state index in [4.69, 9.17) is 0 Å². The molecule has 160 valence electrons. The normalized spacial score (nSPS) is 16.8. The Morgan fingerprint density at radius 2 is 1.50 bits per heavy atom. The summed E-state index contributed by atoms with van der Waals surface area (Å²) in [6, 6.07) is 19.6. The molecule has 1 saturated carbocycles. The minimum atomic E-state index is -0.798. The molecule has 5 nitrogen and oxygen atoms in total. The molecule has 0 bridgehead atoms. The Kier molecular flexibility index (Phi) is 4.85. The van der Waals surface area contributed by atoms with Gasteiger partial charge in [0, 0.05) is 5.69 Å². The highest BCUT2D eigenvalue weighted by atomic mass is 19.1. The first-order valence-electron chi connectivity index (χ1n) is 10.6. The molecule has 32 heavy (non-hydrogen) atoms. The van der Waals surface area contributed by atoms with Crippen LogP contribution in [0, 0.1) is 5.82 Å². The van der Waals surface area contributed by atoms with Gasteiger partial charge in [0.05, 0.1) is 22.2 Å². The average molecular weight is 428 g/mol. The van der Waals surface area contributed by atoms with Crippen molar-refractivity contribution in [2.24, 2.45) is 0 Å². The molecule has 1 aliphatic heterocycles. The van der Waals surface area contributed by atoms with Crippen LogP contribution in [-0.2, 0) is 10.2 Å². The average Bonchev–Trinajstić information content (AvgIpc) is 3.39. The van der Waals surface area contributed by atoms with Crippen LogP contribution >= 0.6 is 0 Å². The third-order valence-corrected chi connectivity index (χ3v) is 6.43. The van der Waals surface area contributed by atoms with Gasteiger partial charge in [0.1, 0.15) is 5.82 Å². The smallest absolute Gasteiger partial charge is 0.266 e. The molecule has 3 amide bonds. The van der Waals surface area contributed by atoms with E-state index in [1.807, 2.05) is 0 Å². The Labute approximate surface area is 184 Å². The van der Waals surface area contributed by atoms with Crippen molar-refractivity contribution < 1.29 is 18.8 Å². The predicted molar refractivity (Wildman–Crippen MR) is 119 cm³/mol. The first-order valence-corrected chi connectivity index (χ1v) is 10.6. The zero-order valence-electron chi connectivity index (χ0n) is 17.3. The number of halogens is 1. The number of imide groups is 1. The van der Waals surface area contributed by atoms with Crippen molar-refractivity contribution in [1.29, 1.82) is 0 Å². The summed E-state index contributed by atoms with van der Waals surface area (Å²) in [6.07, 6.45) is 3.05. The summed E-state index contributed by atoms with van der Waals surface area (Å²) in [6.45, 7) is 0. The number of carbonyl (C=O) groups excluding carboxylic acids is 3. The molecular formula is C26H21FN2O3. The van der Waals surface area contributed by atoms with Crippen LogP contribution in [0.2, 0.25) is 0 Å². The van der Waals surface area contributed by atoms with Crippen molar-refractivity contribution in [3.8, 4) is 0 Å². The van der Waals surface area contributed by atoms with E-state index in [2.05, 4.69) is 5.32 Å². The molecule has 0 aromatic heterocycles. The van der Waals surface area contributed by atoms with E-state index >= 15 is 0 Å². The Hall–Kier alpha value is -3.80. The summed E-state index contributed by atoms with van der Waals surface area (Å²) in [4.78, 5) is 40.1. The number of benzene rings is 3. The quantitative estimate of drug-likeness (QED) is 0.590. The predicted octanol–water partition coefficient (Wildman–Crippen LogP) is 5.08. The number of hydrogen-bond acceptors (Lipinski definition) is 3. The third kappa shape index (κ3) is 3.19. The number of amides is 3. The van der Waals surface area contributed by atoms with Crippen LogP contribution in [-0.4, -0.2) is 17.7 Å². The summed E-state index contributed by atoms with van der Waals surface area (Å²) in [5.41, 5.74) is 1.47. The van der Waals surface area contributed by atoms with Gasteiger partial charge < -0.3 is 5.32 Å². The van der Waals surface area contributed by atoms with Crippen LogP contribution in [0.1, 0.15) is 52.0 Å². The minimum Gasteiger partial charge on any atom is -0.325 e. The van der Waals surface area contributed by atoms with Gasteiger partial charge in [0.2, 0.25) is 5.91 Å². The fraction of sp³-hybridized carbons (Fsp3) is 0.192. The van der Waals surface area contributed by atoms with E-state index in [9.17, 15) is 18.8 Å². The van der Waals surface area contributed by atoms with Crippen molar-refractivity contribution in [3.63, 3.8) is 0 Å². The van der Waals surface area contributed by atoms with Crippen LogP contribution in [0.5, 0.6) is 0 Å². The van der Waals surface area contributed by atoms with Gasteiger partial charge in [0.15, 0.2) is 0 Å². The van der Waals surface area contributed by atoms with Gasteiger partial charge in [-0.1, -0.05) is 43.2 Å². The molecule has 3 aromatic rings. The number of rotatable bonds is 4. The standard InChI is InChI=1S/C26H21FN2O3/c27-18-8-5-7-17(15-18)26(13-3-4-14-26)25(32)28-19-9-6-10-20(16-19)29-23(30)21-11-1-2-12-22(21)24(29)31/h1-2,5-12,15-16H,3-4,13-14H2,(H,28,32). The lowest BCUT2D eigenvalue weighted by molar-refractivity contribution is -0.121. The van der Waals surface area contributed by atoms with Gasteiger partial charge in [-0.3, -0.25) is 14.4 Å². The fourth-order valence-corrected chi connectivity index (χ4v) is 4.81. The van der Waals surface area contributed by atoms with Crippen LogP contribution in [0.3, 0.4) is 0 Å². The molecular weight excluding hydrogens is 407 g/mol. The molecule has 5 rings (SSSR count). The zero-order valence-corrected chi connectivity index (χ0v) is 17.3. The largest absolute Gasteiger partial charge is 0.325 e. The molecule has 2 aliphatic rings. The number of nitrogens with zero attached hydrogens (tertiary/aromatic N) is 1. The molecule has 0 unspecified atom stereocenters. The van der Waals surface area contributed by atoms with Gasteiger partial charge in [-0.2, -0.15) is 0 Å². The summed E-state index contributed by atoms with van der Waals surface area (Å²) in [5, 5.41) is 2.95. The Bertz CT molecular complexity index is 1210. The molecule has 0 atom stereocenters. The third-order valence-electron chi connectivity index (χ3n) is 6.43. The number of nitrogens with one attached hydrogen (secondary N) is 1. The summed E-state index contributed by atoms with van der Waals surface area (Å²) in [7, 11) is 0. The SMILES string of the molecule is O=C1c2ccccc2C(=O)N1c1cccc(NC(=O)C2(c3cccc(F)c3)CCCC2)c1. The van der Waals surface area contributed by atoms with Crippen molar-refractivity contribution in [3.05, 3.63) is 95.3 Å². The first kappa shape index (κ1) is 20.1. The summed E-state index contributed by atoms with van der Waals surface area (Å²) in [5.74, 6) is -1.35. The number of carbonyl (C=O) groups is 3. The maximum absolute atomic E-state index is 13.9. The highest BCUT2D eigenvalue weighted by Gasteiger charge is 2.43. The molecule has 0 radical (unpaired) electrons. The lowest BCUT2D eigenvalue weighted by atomic mass is 9.78. The summed E-state index contributed by atoms with van der Waals surface area (Å²) >= 11 is 0. The minimum absolute atomic E-state index is 0.208.